The molecule has 0 fully saturated rings. The first kappa shape index (κ1) is 7.37. The molecule has 1 heterocycles. The molecular weight excluding hydrogens is 128 g/mol. The fraction of sp³-hybridized carbons (Fsp3) is 0.667. The SMILES string of the molecule is CN1C=C(NCN)CN1C. The lowest BCUT2D eigenvalue weighted by molar-refractivity contribution is 0.116. The minimum absolute atomic E-state index is 0.507. The molecule has 10 heavy (non-hydrogen) atoms. The summed E-state index contributed by atoms with van der Waals surface area (Å²) < 4.78 is 0. The lowest BCUT2D eigenvalue weighted by atomic mass is 10.5. The van der Waals surface area contributed by atoms with Crippen molar-refractivity contribution in [2.24, 2.45) is 5.73 Å². The Labute approximate surface area is 61.2 Å². The summed E-state index contributed by atoms with van der Waals surface area (Å²) in [5.41, 5.74) is 6.48. The molecule has 0 amide bonds. The highest BCUT2D eigenvalue weighted by molar-refractivity contribution is 5.04. The Hall–Kier alpha value is -0.740. The van der Waals surface area contributed by atoms with Crippen LogP contribution < -0.4 is 11.1 Å². The number of rotatable bonds is 2. The van der Waals surface area contributed by atoms with Gasteiger partial charge in [-0.15, -0.1) is 0 Å². The van der Waals surface area contributed by atoms with Crippen molar-refractivity contribution in [3.8, 4) is 0 Å². The smallest absolute Gasteiger partial charge is 0.0626 e. The summed E-state index contributed by atoms with van der Waals surface area (Å²) in [5, 5.41) is 7.18. The molecule has 0 aliphatic carbocycles. The molecule has 58 valence electrons. The summed E-state index contributed by atoms with van der Waals surface area (Å²) in [4.78, 5) is 0. The standard InChI is InChI=1S/C6H14N4/c1-9-3-6(8-5-7)4-10(9)2/h3,8H,4-5,7H2,1-2H3. The average Bonchev–Trinajstić information content (AvgIpc) is 2.14. The molecule has 1 rings (SSSR count). The van der Waals surface area contributed by atoms with Crippen LogP contribution in [-0.2, 0) is 0 Å². The monoisotopic (exact) mass is 142 g/mol. The third kappa shape index (κ3) is 1.40. The Bertz CT molecular complexity index is 143. The molecule has 0 unspecified atom stereocenters. The maximum atomic E-state index is 5.31. The van der Waals surface area contributed by atoms with Crippen molar-refractivity contribution in [3.05, 3.63) is 11.9 Å². The number of nitrogens with one attached hydrogen (secondary N) is 1. The van der Waals surface area contributed by atoms with Gasteiger partial charge in [0.25, 0.3) is 0 Å². The zero-order valence-electron chi connectivity index (χ0n) is 6.46. The number of hydrogen-bond donors (Lipinski definition) is 2. The van der Waals surface area contributed by atoms with Crippen molar-refractivity contribution < 1.29 is 0 Å². The first-order chi connectivity index (χ1) is 4.74. The number of nitrogens with zero attached hydrogens (tertiary/aromatic N) is 2. The van der Waals surface area contributed by atoms with Crippen molar-refractivity contribution in [2.75, 3.05) is 27.3 Å². The van der Waals surface area contributed by atoms with E-state index in [0.29, 0.717) is 6.67 Å². The van der Waals surface area contributed by atoms with Crippen LogP contribution in [0.25, 0.3) is 0 Å². The number of likely N-dealkylation sites (N-methyl/N-ethyl adjacent to an activating group) is 1. The highest BCUT2D eigenvalue weighted by Gasteiger charge is 2.12. The van der Waals surface area contributed by atoms with Gasteiger partial charge in [-0.25, -0.2) is 5.01 Å². The van der Waals surface area contributed by atoms with Crippen LogP contribution >= 0.6 is 0 Å². The lowest BCUT2D eigenvalue weighted by Gasteiger charge is -2.18. The predicted molar refractivity (Wildman–Crippen MR) is 40.7 cm³/mol. The zero-order chi connectivity index (χ0) is 7.56. The summed E-state index contributed by atoms with van der Waals surface area (Å²) in [6.07, 6.45) is 2.03. The average molecular weight is 142 g/mol. The molecule has 1 aliphatic heterocycles. The van der Waals surface area contributed by atoms with E-state index >= 15 is 0 Å². The molecule has 1 aliphatic rings. The Morgan fingerprint density at radius 2 is 2.40 bits per heavy atom. The highest BCUT2D eigenvalue weighted by atomic mass is 15.6. The van der Waals surface area contributed by atoms with E-state index in [-0.39, 0.29) is 0 Å². The van der Waals surface area contributed by atoms with Crippen LogP contribution in [0.1, 0.15) is 0 Å². The summed E-state index contributed by atoms with van der Waals surface area (Å²) in [6.45, 7) is 1.43. The Morgan fingerprint density at radius 3 is 2.80 bits per heavy atom. The minimum Gasteiger partial charge on any atom is -0.374 e. The maximum absolute atomic E-state index is 5.31. The molecule has 0 saturated heterocycles. The molecule has 0 spiro atoms. The van der Waals surface area contributed by atoms with Crippen LogP contribution in [0.4, 0.5) is 0 Å². The Kier molecular flexibility index (Phi) is 2.13. The van der Waals surface area contributed by atoms with E-state index in [4.69, 9.17) is 5.73 Å². The van der Waals surface area contributed by atoms with Gasteiger partial charge in [0.15, 0.2) is 0 Å². The van der Waals surface area contributed by atoms with Crippen LogP contribution in [-0.4, -0.2) is 37.3 Å². The third-order valence-electron chi connectivity index (χ3n) is 1.61. The summed E-state index contributed by atoms with van der Waals surface area (Å²) in [7, 11) is 4.03. The number of nitrogens with two attached hydrogens (primary N) is 1. The van der Waals surface area contributed by atoms with Gasteiger partial charge in [0.2, 0.25) is 0 Å². The molecule has 0 aromatic rings. The third-order valence-corrected chi connectivity index (χ3v) is 1.61. The second-order valence-corrected chi connectivity index (χ2v) is 2.42. The topological polar surface area (TPSA) is 44.5 Å². The number of hydrogen-bond acceptors (Lipinski definition) is 4. The van der Waals surface area contributed by atoms with Gasteiger partial charge in [0.1, 0.15) is 0 Å². The van der Waals surface area contributed by atoms with Crippen molar-refractivity contribution in [3.63, 3.8) is 0 Å². The molecule has 0 bridgehead atoms. The Morgan fingerprint density at radius 1 is 1.70 bits per heavy atom. The molecule has 4 heteroatoms. The molecule has 0 aromatic heterocycles. The molecule has 4 nitrogen and oxygen atoms in total. The Balaban J connectivity index is 2.42. The lowest BCUT2D eigenvalue weighted by Crippen LogP contribution is -2.29. The van der Waals surface area contributed by atoms with Gasteiger partial charge in [-0.2, -0.15) is 0 Å². The van der Waals surface area contributed by atoms with Gasteiger partial charge < -0.3 is 16.1 Å². The minimum atomic E-state index is 0.507. The molecule has 0 aromatic carbocycles. The van der Waals surface area contributed by atoms with E-state index in [1.807, 2.05) is 25.3 Å². The van der Waals surface area contributed by atoms with Crippen LogP contribution in [0.5, 0.6) is 0 Å². The van der Waals surface area contributed by atoms with Crippen LogP contribution in [0, 0.1) is 0 Å². The maximum Gasteiger partial charge on any atom is 0.0626 e. The zero-order valence-corrected chi connectivity index (χ0v) is 6.46. The van der Waals surface area contributed by atoms with Gasteiger partial charge >= 0.3 is 0 Å². The van der Waals surface area contributed by atoms with Gasteiger partial charge in [0, 0.05) is 26.0 Å². The van der Waals surface area contributed by atoms with E-state index < -0.39 is 0 Å². The fourth-order valence-electron chi connectivity index (χ4n) is 0.956. The van der Waals surface area contributed by atoms with Crippen molar-refractivity contribution in [1.29, 1.82) is 0 Å². The molecular formula is C6H14N4. The van der Waals surface area contributed by atoms with E-state index in [9.17, 15) is 0 Å². The molecule has 0 atom stereocenters. The summed E-state index contributed by atoms with van der Waals surface area (Å²) in [6, 6.07) is 0. The van der Waals surface area contributed by atoms with Crippen molar-refractivity contribution in [2.45, 2.75) is 0 Å². The predicted octanol–water partition coefficient (Wildman–Crippen LogP) is -0.874. The molecule has 0 saturated carbocycles. The fourth-order valence-corrected chi connectivity index (χ4v) is 0.956. The van der Waals surface area contributed by atoms with Crippen molar-refractivity contribution in [1.82, 2.24) is 15.3 Å². The highest BCUT2D eigenvalue weighted by Crippen LogP contribution is 2.06. The second kappa shape index (κ2) is 2.90. The van der Waals surface area contributed by atoms with E-state index in [2.05, 4.69) is 10.3 Å². The van der Waals surface area contributed by atoms with Crippen molar-refractivity contribution >= 4 is 0 Å². The largest absolute Gasteiger partial charge is 0.374 e. The summed E-state index contributed by atoms with van der Waals surface area (Å²) in [5.74, 6) is 0. The first-order valence-corrected chi connectivity index (χ1v) is 3.32. The number of hydrazine groups is 1. The van der Waals surface area contributed by atoms with Gasteiger partial charge in [-0.1, -0.05) is 0 Å². The quantitative estimate of drug-likeness (QED) is 0.492. The molecule has 3 N–H and O–H groups in total. The van der Waals surface area contributed by atoms with Crippen LogP contribution in [0.2, 0.25) is 0 Å². The summed E-state index contributed by atoms with van der Waals surface area (Å²) >= 11 is 0. The van der Waals surface area contributed by atoms with E-state index in [1.54, 1.807) is 0 Å². The van der Waals surface area contributed by atoms with Crippen LogP contribution in [0.15, 0.2) is 11.9 Å². The van der Waals surface area contributed by atoms with E-state index in [1.165, 1.54) is 5.70 Å². The second-order valence-electron chi connectivity index (χ2n) is 2.42. The van der Waals surface area contributed by atoms with Gasteiger partial charge in [0.05, 0.1) is 13.2 Å². The van der Waals surface area contributed by atoms with E-state index in [0.717, 1.165) is 6.54 Å². The van der Waals surface area contributed by atoms with Gasteiger partial charge in [-0.05, 0) is 0 Å². The van der Waals surface area contributed by atoms with Gasteiger partial charge in [-0.3, -0.25) is 0 Å². The molecule has 0 radical (unpaired) electrons. The first-order valence-electron chi connectivity index (χ1n) is 3.32. The van der Waals surface area contributed by atoms with Crippen LogP contribution in [0.3, 0.4) is 0 Å². The normalized spacial score (nSPS) is 19.5.